The van der Waals surface area contributed by atoms with Crippen LogP contribution >= 0.6 is 0 Å². The summed E-state index contributed by atoms with van der Waals surface area (Å²) in [5, 5.41) is 3.68. The van der Waals surface area contributed by atoms with Crippen LogP contribution in [-0.4, -0.2) is 37.5 Å². The van der Waals surface area contributed by atoms with Crippen molar-refractivity contribution in [1.82, 2.24) is 14.9 Å². The minimum atomic E-state index is -3.22. The highest BCUT2D eigenvalue weighted by molar-refractivity contribution is 7.91. The van der Waals surface area contributed by atoms with E-state index in [4.69, 9.17) is 7.85 Å². The number of benzene rings is 1. The molecule has 1 amide bonds. The Hall–Kier alpha value is -2.61. The number of nitrogens with one attached hydrogen (secondary N) is 1. The summed E-state index contributed by atoms with van der Waals surface area (Å²) in [6, 6.07) is 10.1. The zero-order valence-corrected chi connectivity index (χ0v) is 15.4. The number of sulfone groups is 1. The molecule has 0 fully saturated rings. The molecule has 3 rings (SSSR count). The first-order valence-corrected chi connectivity index (χ1v) is 9.78. The molecular formula is C18H18BN3O3S. The number of rotatable bonds is 5. The zero-order chi connectivity index (χ0) is 18.9. The SMILES string of the molecule is [B]c1nccc2cc(C(=O)NCc3ccc(S(=O)(=O)CC)cc3)n(C)c12. The number of hydrogen-bond acceptors (Lipinski definition) is 4. The predicted octanol–water partition coefficient (Wildman–Crippen LogP) is 1.09. The molecule has 0 aliphatic carbocycles. The minimum absolute atomic E-state index is 0.0577. The number of pyridine rings is 1. The molecule has 0 atom stereocenters. The van der Waals surface area contributed by atoms with Gasteiger partial charge in [0.05, 0.1) is 16.2 Å². The van der Waals surface area contributed by atoms with E-state index in [-0.39, 0.29) is 16.6 Å². The van der Waals surface area contributed by atoms with Gasteiger partial charge in [-0.25, -0.2) is 8.42 Å². The maximum Gasteiger partial charge on any atom is 0.268 e. The van der Waals surface area contributed by atoms with Crippen LogP contribution in [0, 0.1) is 0 Å². The topological polar surface area (TPSA) is 81.1 Å². The third-order valence-electron chi connectivity index (χ3n) is 4.32. The van der Waals surface area contributed by atoms with Crippen LogP contribution in [0.2, 0.25) is 0 Å². The largest absolute Gasteiger partial charge is 0.347 e. The number of carbonyl (C=O) groups excluding carboxylic acids is 1. The number of nitrogens with zero attached hydrogens (tertiary/aromatic N) is 2. The fraction of sp³-hybridized carbons (Fsp3) is 0.222. The van der Waals surface area contributed by atoms with Gasteiger partial charge >= 0.3 is 0 Å². The van der Waals surface area contributed by atoms with Crippen LogP contribution < -0.4 is 10.9 Å². The van der Waals surface area contributed by atoms with E-state index in [9.17, 15) is 13.2 Å². The Labute approximate surface area is 153 Å². The van der Waals surface area contributed by atoms with Crippen molar-refractivity contribution in [3.8, 4) is 0 Å². The lowest BCUT2D eigenvalue weighted by atomic mass is 10.0. The van der Waals surface area contributed by atoms with Gasteiger partial charge in [-0.1, -0.05) is 19.1 Å². The summed E-state index contributed by atoms with van der Waals surface area (Å²) in [4.78, 5) is 16.8. The van der Waals surface area contributed by atoms with Gasteiger partial charge in [-0.05, 0) is 29.8 Å². The Morgan fingerprint density at radius 1 is 1.23 bits per heavy atom. The van der Waals surface area contributed by atoms with Crippen LogP contribution in [0.1, 0.15) is 23.0 Å². The van der Waals surface area contributed by atoms with Gasteiger partial charge in [-0.15, -0.1) is 0 Å². The Bertz CT molecular complexity index is 1070. The summed E-state index contributed by atoms with van der Waals surface area (Å²) in [6.45, 7) is 1.90. The van der Waals surface area contributed by atoms with Crippen LogP contribution in [0.4, 0.5) is 0 Å². The summed E-state index contributed by atoms with van der Waals surface area (Å²) in [5.41, 5.74) is 2.38. The number of fused-ring (bicyclic) bond motifs is 1. The van der Waals surface area contributed by atoms with Crippen molar-refractivity contribution in [3.05, 3.63) is 53.9 Å². The van der Waals surface area contributed by atoms with Gasteiger partial charge in [0.2, 0.25) is 0 Å². The molecule has 0 unspecified atom stereocenters. The zero-order valence-electron chi connectivity index (χ0n) is 14.6. The first-order valence-electron chi connectivity index (χ1n) is 8.13. The van der Waals surface area contributed by atoms with Crippen molar-refractivity contribution >= 4 is 40.1 Å². The third-order valence-corrected chi connectivity index (χ3v) is 6.07. The van der Waals surface area contributed by atoms with Gasteiger partial charge < -0.3 is 9.88 Å². The van der Waals surface area contributed by atoms with Gasteiger partial charge in [0.25, 0.3) is 5.91 Å². The second-order valence-electron chi connectivity index (χ2n) is 5.95. The van der Waals surface area contributed by atoms with Crippen molar-refractivity contribution in [1.29, 1.82) is 0 Å². The molecule has 0 aliphatic heterocycles. The fourth-order valence-electron chi connectivity index (χ4n) is 2.80. The smallest absolute Gasteiger partial charge is 0.268 e. The lowest BCUT2D eigenvalue weighted by Crippen LogP contribution is -2.25. The lowest BCUT2D eigenvalue weighted by Gasteiger charge is -2.08. The van der Waals surface area contributed by atoms with E-state index >= 15 is 0 Å². The molecule has 0 spiro atoms. The van der Waals surface area contributed by atoms with Crippen LogP contribution in [0.5, 0.6) is 0 Å². The molecule has 0 saturated heterocycles. The number of aromatic nitrogens is 2. The summed E-state index contributed by atoms with van der Waals surface area (Å²) in [5.74, 6) is -0.185. The molecule has 0 aliphatic rings. The number of aryl methyl sites for hydroxylation is 1. The number of carbonyl (C=O) groups is 1. The quantitative estimate of drug-likeness (QED) is 0.685. The monoisotopic (exact) mass is 367 g/mol. The van der Waals surface area contributed by atoms with Gasteiger partial charge in [0, 0.05) is 30.8 Å². The molecule has 6 nitrogen and oxygen atoms in total. The minimum Gasteiger partial charge on any atom is -0.347 e. The number of hydrogen-bond donors (Lipinski definition) is 1. The molecule has 2 heterocycles. The third kappa shape index (κ3) is 3.37. The van der Waals surface area contributed by atoms with Gasteiger partial charge in [0.15, 0.2) is 9.84 Å². The van der Waals surface area contributed by atoms with Gasteiger partial charge in [-0.3, -0.25) is 9.78 Å². The first kappa shape index (κ1) is 18.2. The molecule has 3 aromatic rings. The molecular weight excluding hydrogens is 349 g/mol. The van der Waals surface area contributed by atoms with E-state index in [1.807, 2.05) is 0 Å². The predicted molar refractivity (Wildman–Crippen MR) is 101 cm³/mol. The first-order chi connectivity index (χ1) is 12.3. The van der Waals surface area contributed by atoms with Crippen molar-refractivity contribution in [2.75, 3.05) is 5.75 Å². The van der Waals surface area contributed by atoms with Crippen molar-refractivity contribution in [3.63, 3.8) is 0 Å². The lowest BCUT2D eigenvalue weighted by molar-refractivity contribution is 0.0943. The van der Waals surface area contributed by atoms with Crippen LogP contribution in [0.3, 0.4) is 0 Å². The number of amides is 1. The molecule has 132 valence electrons. The second-order valence-corrected chi connectivity index (χ2v) is 8.23. The van der Waals surface area contributed by atoms with E-state index in [0.29, 0.717) is 23.3 Å². The average Bonchev–Trinajstić information content (AvgIpc) is 2.98. The van der Waals surface area contributed by atoms with E-state index in [0.717, 1.165) is 10.9 Å². The maximum absolute atomic E-state index is 12.5. The van der Waals surface area contributed by atoms with Crippen LogP contribution in [-0.2, 0) is 23.4 Å². The molecule has 0 bridgehead atoms. The molecule has 1 aromatic carbocycles. The highest BCUT2D eigenvalue weighted by Crippen LogP contribution is 2.16. The second kappa shape index (κ2) is 6.95. The summed E-state index contributed by atoms with van der Waals surface area (Å²) in [7, 11) is 4.42. The van der Waals surface area contributed by atoms with Gasteiger partial charge in [-0.2, -0.15) is 0 Å². The maximum atomic E-state index is 12.5. The van der Waals surface area contributed by atoms with Crippen molar-refractivity contribution in [2.45, 2.75) is 18.4 Å². The van der Waals surface area contributed by atoms with E-state index in [1.54, 1.807) is 61.1 Å². The Morgan fingerprint density at radius 3 is 2.54 bits per heavy atom. The Kier molecular flexibility index (Phi) is 4.87. The van der Waals surface area contributed by atoms with E-state index in [1.165, 1.54) is 0 Å². The molecule has 2 radical (unpaired) electrons. The average molecular weight is 367 g/mol. The molecule has 8 heteroatoms. The summed E-state index contributed by atoms with van der Waals surface area (Å²) in [6.07, 6.45) is 1.60. The molecule has 26 heavy (non-hydrogen) atoms. The normalized spacial score (nSPS) is 11.6. The van der Waals surface area contributed by atoms with E-state index < -0.39 is 9.84 Å². The Balaban J connectivity index is 1.75. The Morgan fingerprint density at radius 2 is 1.92 bits per heavy atom. The van der Waals surface area contributed by atoms with Crippen molar-refractivity contribution in [2.24, 2.45) is 7.05 Å². The highest BCUT2D eigenvalue weighted by Gasteiger charge is 2.15. The summed E-state index contributed by atoms with van der Waals surface area (Å²) < 4.78 is 25.4. The molecule has 0 saturated carbocycles. The van der Waals surface area contributed by atoms with Crippen LogP contribution in [0.25, 0.3) is 10.9 Å². The van der Waals surface area contributed by atoms with Crippen molar-refractivity contribution < 1.29 is 13.2 Å². The molecule has 2 aromatic heterocycles. The standard InChI is InChI=1S/C18H18BN3O3S/c1-3-26(24,25)14-6-4-12(5-7-14)11-21-18(23)15-10-13-8-9-20-17(19)16(13)22(15)2/h4-10H,3,11H2,1-2H3,(H,21,23). The van der Waals surface area contributed by atoms with E-state index in [2.05, 4.69) is 10.3 Å². The summed E-state index contributed by atoms with van der Waals surface area (Å²) >= 11 is 0. The fourth-order valence-corrected chi connectivity index (χ4v) is 3.69. The van der Waals surface area contributed by atoms with Crippen LogP contribution in [0.15, 0.2) is 47.5 Å². The molecule has 1 N–H and O–H groups in total. The van der Waals surface area contributed by atoms with Gasteiger partial charge in [0.1, 0.15) is 13.5 Å². The highest BCUT2D eigenvalue weighted by atomic mass is 32.2.